The average molecular weight is 483 g/mol. The lowest BCUT2D eigenvalue weighted by molar-refractivity contribution is -0.368. The van der Waals surface area contributed by atoms with Crippen LogP contribution in [0.3, 0.4) is 0 Å². The van der Waals surface area contributed by atoms with Crippen LogP contribution in [-0.2, 0) is 23.8 Å². The minimum absolute atomic E-state index is 0.152. The van der Waals surface area contributed by atoms with E-state index in [1.807, 2.05) is 0 Å². The van der Waals surface area contributed by atoms with Crippen molar-refractivity contribution in [2.24, 2.45) is 5.92 Å². The monoisotopic (exact) mass is 482 g/mol. The minimum atomic E-state index is -1.53. The third kappa shape index (κ3) is 12.9. The minimum Gasteiger partial charge on any atom is -0.466 e. The standard InChI is InChI=1S/C28H50O6/c1-4-6-7-8-9-10-11-12-13-14-15-16-17-18-19-20-27(30)32-22-21-24(3)28(31)25(23-33-28)34-26(29)5-2/h5,24-25,31H,2,4,6-23H2,1,3H3/t24-,25+,28+/m1/s1. The summed E-state index contributed by atoms with van der Waals surface area (Å²) in [5.41, 5.74) is 0. The van der Waals surface area contributed by atoms with E-state index in [0.717, 1.165) is 18.9 Å². The van der Waals surface area contributed by atoms with Gasteiger partial charge in [0.25, 0.3) is 0 Å². The average Bonchev–Trinajstić information content (AvgIpc) is 2.83. The Hall–Kier alpha value is -1.40. The number of carbonyl (C=O) groups is 2. The summed E-state index contributed by atoms with van der Waals surface area (Å²) in [6.45, 7) is 7.77. The number of esters is 2. The van der Waals surface area contributed by atoms with Crippen LogP contribution in [0.15, 0.2) is 12.7 Å². The third-order valence-corrected chi connectivity index (χ3v) is 6.86. The molecule has 6 heteroatoms. The number of hydrogen-bond donors (Lipinski definition) is 1. The first-order chi connectivity index (χ1) is 16.4. The van der Waals surface area contributed by atoms with Crippen molar-refractivity contribution in [3.05, 3.63) is 12.7 Å². The molecule has 0 aromatic carbocycles. The van der Waals surface area contributed by atoms with E-state index in [-0.39, 0.29) is 25.1 Å². The van der Waals surface area contributed by atoms with E-state index < -0.39 is 17.9 Å². The molecule has 3 atom stereocenters. The molecule has 0 saturated carbocycles. The van der Waals surface area contributed by atoms with Gasteiger partial charge in [0.1, 0.15) is 0 Å². The van der Waals surface area contributed by atoms with Crippen LogP contribution in [0.25, 0.3) is 0 Å². The van der Waals surface area contributed by atoms with Gasteiger partial charge in [0.15, 0.2) is 6.10 Å². The molecule has 6 nitrogen and oxygen atoms in total. The van der Waals surface area contributed by atoms with Gasteiger partial charge in [-0.25, -0.2) is 4.79 Å². The Bertz CT molecular complexity index is 563. The molecule has 0 spiro atoms. The van der Waals surface area contributed by atoms with E-state index >= 15 is 0 Å². The molecular formula is C28H50O6. The van der Waals surface area contributed by atoms with Crippen LogP contribution in [0, 0.1) is 5.92 Å². The zero-order valence-electron chi connectivity index (χ0n) is 21.9. The van der Waals surface area contributed by atoms with E-state index in [1.54, 1.807) is 6.92 Å². The predicted molar refractivity (Wildman–Crippen MR) is 135 cm³/mol. The number of carbonyl (C=O) groups excluding carboxylic acids is 2. The van der Waals surface area contributed by atoms with E-state index in [1.165, 1.54) is 83.5 Å². The highest BCUT2D eigenvalue weighted by molar-refractivity contribution is 5.81. The summed E-state index contributed by atoms with van der Waals surface area (Å²) in [5.74, 6) is -2.64. The quantitative estimate of drug-likeness (QED) is 0.106. The van der Waals surface area contributed by atoms with Crippen molar-refractivity contribution >= 4 is 11.9 Å². The van der Waals surface area contributed by atoms with Gasteiger partial charge < -0.3 is 19.3 Å². The van der Waals surface area contributed by atoms with E-state index in [0.29, 0.717) is 12.8 Å². The highest BCUT2D eigenvalue weighted by Crippen LogP contribution is 2.36. The highest BCUT2D eigenvalue weighted by atomic mass is 16.7. The van der Waals surface area contributed by atoms with Gasteiger partial charge in [-0.15, -0.1) is 0 Å². The molecule has 0 aromatic heterocycles. The molecule has 1 fully saturated rings. The fraction of sp³-hybridized carbons (Fsp3) is 0.857. The summed E-state index contributed by atoms with van der Waals surface area (Å²) in [5, 5.41) is 10.5. The SMILES string of the molecule is C=CC(=O)O[C@H]1CO[C@@]1(O)[C@H](C)CCOC(=O)CCCCCCCCCCCCCCCCC. The van der Waals surface area contributed by atoms with Gasteiger partial charge in [-0.2, -0.15) is 0 Å². The first kappa shape index (κ1) is 30.6. The summed E-state index contributed by atoms with van der Waals surface area (Å²) in [6, 6.07) is 0. The Balaban J connectivity index is 1.91. The van der Waals surface area contributed by atoms with Crippen molar-refractivity contribution in [3.63, 3.8) is 0 Å². The van der Waals surface area contributed by atoms with Gasteiger partial charge in [0.05, 0.1) is 13.2 Å². The number of aliphatic hydroxyl groups is 1. The molecule has 1 rings (SSSR count). The first-order valence-electron chi connectivity index (χ1n) is 13.8. The summed E-state index contributed by atoms with van der Waals surface area (Å²) in [6.07, 6.45) is 20.7. The van der Waals surface area contributed by atoms with Gasteiger partial charge in [0, 0.05) is 18.4 Å². The number of rotatable bonds is 22. The summed E-state index contributed by atoms with van der Waals surface area (Å²) < 4.78 is 15.7. The predicted octanol–water partition coefficient (Wildman–Crippen LogP) is 6.63. The lowest BCUT2D eigenvalue weighted by atomic mass is 9.89. The summed E-state index contributed by atoms with van der Waals surface area (Å²) >= 11 is 0. The van der Waals surface area contributed by atoms with Gasteiger partial charge >= 0.3 is 11.9 Å². The molecule has 1 N–H and O–H groups in total. The Morgan fingerprint density at radius 1 is 0.971 bits per heavy atom. The van der Waals surface area contributed by atoms with Gasteiger partial charge in [0.2, 0.25) is 5.79 Å². The Morgan fingerprint density at radius 3 is 1.91 bits per heavy atom. The Labute approximate surface area is 207 Å². The Morgan fingerprint density at radius 2 is 1.47 bits per heavy atom. The van der Waals surface area contributed by atoms with Crippen LogP contribution in [0.5, 0.6) is 0 Å². The third-order valence-electron chi connectivity index (χ3n) is 6.86. The zero-order valence-corrected chi connectivity index (χ0v) is 21.9. The second-order valence-electron chi connectivity index (χ2n) is 9.80. The van der Waals surface area contributed by atoms with Crippen LogP contribution in [0.1, 0.15) is 123 Å². The molecule has 1 aliphatic heterocycles. The second kappa shape index (κ2) is 18.9. The maximum absolute atomic E-state index is 11.9. The van der Waals surface area contributed by atoms with Crippen LogP contribution < -0.4 is 0 Å². The van der Waals surface area contributed by atoms with Crippen molar-refractivity contribution in [3.8, 4) is 0 Å². The molecule has 0 unspecified atom stereocenters. The maximum atomic E-state index is 11.9. The van der Waals surface area contributed by atoms with Gasteiger partial charge in [-0.05, 0) is 12.8 Å². The topological polar surface area (TPSA) is 82.1 Å². The van der Waals surface area contributed by atoms with Crippen molar-refractivity contribution in [1.29, 1.82) is 0 Å². The number of ether oxygens (including phenoxy) is 3. The fourth-order valence-corrected chi connectivity index (χ4v) is 4.36. The number of unbranched alkanes of at least 4 members (excludes halogenated alkanes) is 14. The molecule has 198 valence electrons. The van der Waals surface area contributed by atoms with Crippen molar-refractivity contribution in [2.45, 2.75) is 135 Å². The zero-order chi connectivity index (χ0) is 25.1. The first-order valence-corrected chi connectivity index (χ1v) is 13.8. The van der Waals surface area contributed by atoms with Crippen molar-refractivity contribution in [1.82, 2.24) is 0 Å². The van der Waals surface area contributed by atoms with Crippen molar-refractivity contribution < 1.29 is 28.9 Å². The fourth-order valence-electron chi connectivity index (χ4n) is 4.36. The lowest BCUT2D eigenvalue weighted by Crippen LogP contribution is -2.63. The molecule has 1 saturated heterocycles. The molecule has 34 heavy (non-hydrogen) atoms. The molecule has 0 amide bonds. The Kier molecular flexibility index (Phi) is 17.0. The van der Waals surface area contributed by atoms with E-state index in [4.69, 9.17) is 14.2 Å². The van der Waals surface area contributed by atoms with Crippen molar-refractivity contribution in [2.75, 3.05) is 13.2 Å². The maximum Gasteiger partial charge on any atom is 0.330 e. The molecule has 1 aliphatic rings. The van der Waals surface area contributed by atoms with Crippen LogP contribution in [-0.4, -0.2) is 42.1 Å². The molecular weight excluding hydrogens is 432 g/mol. The van der Waals surface area contributed by atoms with Crippen LogP contribution >= 0.6 is 0 Å². The highest BCUT2D eigenvalue weighted by Gasteiger charge is 2.53. The second-order valence-corrected chi connectivity index (χ2v) is 9.80. The normalized spacial score (nSPS) is 20.4. The lowest BCUT2D eigenvalue weighted by Gasteiger charge is -2.47. The van der Waals surface area contributed by atoms with Crippen LogP contribution in [0.2, 0.25) is 0 Å². The summed E-state index contributed by atoms with van der Waals surface area (Å²) in [7, 11) is 0. The molecule has 0 aliphatic carbocycles. The molecule has 1 heterocycles. The van der Waals surface area contributed by atoms with E-state index in [2.05, 4.69) is 13.5 Å². The molecule has 0 bridgehead atoms. The smallest absolute Gasteiger partial charge is 0.330 e. The molecule has 0 aromatic rings. The molecule has 0 radical (unpaired) electrons. The van der Waals surface area contributed by atoms with Crippen LogP contribution in [0.4, 0.5) is 0 Å². The van der Waals surface area contributed by atoms with E-state index in [9.17, 15) is 14.7 Å². The largest absolute Gasteiger partial charge is 0.466 e. The van der Waals surface area contributed by atoms with Gasteiger partial charge in [-0.1, -0.05) is 110 Å². The number of hydrogen-bond acceptors (Lipinski definition) is 6. The van der Waals surface area contributed by atoms with Gasteiger partial charge in [-0.3, -0.25) is 4.79 Å². The summed E-state index contributed by atoms with van der Waals surface area (Å²) in [4.78, 5) is 23.3.